The molecule has 1 aromatic carbocycles. The average Bonchev–Trinajstić information content (AvgIpc) is 2.19. The lowest BCUT2D eigenvalue weighted by Gasteiger charge is -2.15. The van der Waals surface area contributed by atoms with Gasteiger partial charge in [0.05, 0.1) is 11.3 Å². The van der Waals surface area contributed by atoms with Crippen molar-refractivity contribution < 1.29 is 4.21 Å². The quantitative estimate of drug-likeness (QED) is 0.929. The van der Waals surface area contributed by atoms with Crippen LogP contribution in [-0.4, -0.2) is 22.3 Å². The number of hydrogen-bond donors (Lipinski definition) is 1. The zero-order valence-electron chi connectivity index (χ0n) is 9.16. The summed E-state index contributed by atoms with van der Waals surface area (Å²) >= 11 is 3.32. The molecule has 0 radical (unpaired) electrons. The van der Waals surface area contributed by atoms with E-state index in [4.69, 9.17) is 5.26 Å². The minimum absolute atomic E-state index is 0.0825. The van der Waals surface area contributed by atoms with E-state index >= 15 is 0 Å². The van der Waals surface area contributed by atoms with E-state index in [0.29, 0.717) is 11.3 Å². The third kappa shape index (κ3) is 3.95. The summed E-state index contributed by atoms with van der Waals surface area (Å²) in [4.78, 5) is 0. The second kappa shape index (κ2) is 6.02. The molecule has 3 nitrogen and oxygen atoms in total. The zero-order chi connectivity index (χ0) is 12.1. The van der Waals surface area contributed by atoms with Gasteiger partial charge in [0.1, 0.15) is 6.07 Å². The van der Waals surface area contributed by atoms with Crippen LogP contribution in [0.25, 0.3) is 0 Å². The summed E-state index contributed by atoms with van der Waals surface area (Å²) < 4.78 is 11.9. The van der Waals surface area contributed by atoms with Gasteiger partial charge in [-0.15, -0.1) is 0 Å². The van der Waals surface area contributed by atoms with Gasteiger partial charge in [0.2, 0.25) is 0 Å². The normalized spacial score (nSPS) is 13.9. The maximum absolute atomic E-state index is 11.1. The Labute approximate surface area is 106 Å². The van der Waals surface area contributed by atoms with Gasteiger partial charge in [-0.3, -0.25) is 4.21 Å². The molecule has 5 heteroatoms. The molecule has 0 amide bonds. The van der Waals surface area contributed by atoms with Crippen molar-refractivity contribution in [3.63, 3.8) is 0 Å². The number of benzene rings is 1. The fourth-order valence-corrected chi connectivity index (χ4v) is 2.54. The van der Waals surface area contributed by atoms with E-state index in [2.05, 4.69) is 27.3 Å². The molecule has 0 saturated heterocycles. The Kier molecular flexibility index (Phi) is 4.97. The minimum Gasteiger partial charge on any atom is -0.381 e. The molecule has 1 aromatic rings. The highest BCUT2D eigenvalue weighted by atomic mass is 79.9. The van der Waals surface area contributed by atoms with Crippen molar-refractivity contribution in [2.24, 2.45) is 0 Å². The Morgan fingerprint density at radius 1 is 1.62 bits per heavy atom. The molecule has 0 saturated carbocycles. The zero-order valence-corrected chi connectivity index (χ0v) is 11.6. The molecule has 1 N–H and O–H groups in total. The molecule has 1 rings (SSSR count). The Morgan fingerprint density at radius 2 is 2.31 bits per heavy atom. The topological polar surface area (TPSA) is 52.9 Å². The van der Waals surface area contributed by atoms with E-state index in [1.165, 1.54) is 0 Å². The number of nitriles is 1. The number of rotatable bonds is 4. The molecule has 2 unspecified atom stereocenters. The minimum atomic E-state index is -0.837. The van der Waals surface area contributed by atoms with Crippen molar-refractivity contribution in [3.8, 4) is 6.07 Å². The molecular formula is C11H13BrN2OS. The van der Waals surface area contributed by atoms with E-state index in [1.54, 1.807) is 12.3 Å². The first kappa shape index (κ1) is 13.2. The van der Waals surface area contributed by atoms with Crippen LogP contribution in [0, 0.1) is 11.3 Å². The van der Waals surface area contributed by atoms with Crippen LogP contribution in [0.1, 0.15) is 12.5 Å². The molecule has 0 aliphatic rings. The second-order valence-electron chi connectivity index (χ2n) is 3.59. The molecular weight excluding hydrogens is 288 g/mol. The molecule has 2 atom stereocenters. The largest absolute Gasteiger partial charge is 0.381 e. The standard InChI is InChI=1S/C11H13BrN2OS/c1-8(7-16(2)15)14-11-4-3-10(12)5-9(11)6-13/h3-5,8,14H,7H2,1-2H3. The van der Waals surface area contributed by atoms with E-state index < -0.39 is 10.8 Å². The summed E-state index contributed by atoms with van der Waals surface area (Å²) in [6.45, 7) is 1.95. The Hall–Kier alpha value is -0.860. The van der Waals surface area contributed by atoms with Crippen LogP contribution >= 0.6 is 15.9 Å². The van der Waals surface area contributed by atoms with Gasteiger partial charge < -0.3 is 5.32 Å². The molecule has 0 fully saturated rings. The van der Waals surface area contributed by atoms with E-state index in [9.17, 15) is 4.21 Å². The van der Waals surface area contributed by atoms with Crippen LogP contribution in [0.2, 0.25) is 0 Å². The first-order chi connectivity index (χ1) is 7.52. The van der Waals surface area contributed by atoms with Gasteiger partial charge in [-0.25, -0.2) is 0 Å². The van der Waals surface area contributed by atoms with Crippen molar-refractivity contribution in [2.75, 3.05) is 17.3 Å². The second-order valence-corrected chi connectivity index (χ2v) is 5.98. The van der Waals surface area contributed by atoms with Crippen LogP contribution in [0.3, 0.4) is 0 Å². The fourth-order valence-electron chi connectivity index (χ4n) is 1.39. The van der Waals surface area contributed by atoms with Gasteiger partial charge in [-0.1, -0.05) is 15.9 Å². The van der Waals surface area contributed by atoms with Crippen LogP contribution in [-0.2, 0) is 10.8 Å². The van der Waals surface area contributed by atoms with Gasteiger partial charge in [-0.05, 0) is 25.1 Å². The molecule has 86 valence electrons. The van der Waals surface area contributed by atoms with Gasteiger partial charge in [0.25, 0.3) is 0 Å². The number of nitrogens with zero attached hydrogens (tertiary/aromatic N) is 1. The third-order valence-electron chi connectivity index (χ3n) is 1.99. The highest BCUT2D eigenvalue weighted by Crippen LogP contribution is 2.20. The molecule has 16 heavy (non-hydrogen) atoms. The Morgan fingerprint density at radius 3 is 2.88 bits per heavy atom. The summed E-state index contributed by atoms with van der Waals surface area (Å²) in [5.74, 6) is 0.570. The number of nitrogens with one attached hydrogen (secondary N) is 1. The molecule has 0 heterocycles. The van der Waals surface area contributed by atoms with Gasteiger partial charge in [-0.2, -0.15) is 5.26 Å². The summed E-state index contributed by atoms with van der Waals surface area (Å²) in [6, 6.07) is 7.69. The van der Waals surface area contributed by atoms with Crippen molar-refractivity contribution in [1.29, 1.82) is 5.26 Å². The fraction of sp³-hybridized carbons (Fsp3) is 0.364. The SMILES string of the molecule is CC(CS(C)=O)Nc1ccc(Br)cc1C#N. The summed E-state index contributed by atoms with van der Waals surface area (Å²) in [6.07, 6.45) is 1.67. The maximum Gasteiger partial charge on any atom is 0.101 e. The van der Waals surface area contributed by atoms with Crippen molar-refractivity contribution in [3.05, 3.63) is 28.2 Å². The number of hydrogen-bond acceptors (Lipinski definition) is 3. The summed E-state index contributed by atoms with van der Waals surface area (Å²) in [7, 11) is -0.837. The van der Waals surface area contributed by atoms with Crippen molar-refractivity contribution in [1.82, 2.24) is 0 Å². The molecule has 0 spiro atoms. The first-order valence-electron chi connectivity index (χ1n) is 4.79. The summed E-state index contributed by atoms with van der Waals surface area (Å²) in [5, 5.41) is 12.2. The highest BCUT2D eigenvalue weighted by Gasteiger charge is 2.08. The predicted octanol–water partition coefficient (Wildman–Crippen LogP) is 2.50. The lowest BCUT2D eigenvalue weighted by molar-refractivity contribution is 0.683. The maximum atomic E-state index is 11.1. The predicted molar refractivity (Wildman–Crippen MR) is 70.9 cm³/mol. The van der Waals surface area contributed by atoms with Gasteiger partial charge >= 0.3 is 0 Å². The summed E-state index contributed by atoms with van der Waals surface area (Å²) in [5.41, 5.74) is 1.37. The van der Waals surface area contributed by atoms with E-state index in [-0.39, 0.29) is 6.04 Å². The van der Waals surface area contributed by atoms with Crippen LogP contribution < -0.4 is 5.32 Å². The van der Waals surface area contributed by atoms with Gasteiger partial charge in [0, 0.05) is 33.3 Å². The number of halogens is 1. The Bertz CT molecular complexity index is 442. The monoisotopic (exact) mass is 300 g/mol. The smallest absolute Gasteiger partial charge is 0.101 e. The van der Waals surface area contributed by atoms with Crippen LogP contribution in [0.15, 0.2) is 22.7 Å². The third-order valence-corrected chi connectivity index (χ3v) is 3.45. The Balaban J connectivity index is 2.81. The van der Waals surface area contributed by atoms with Crippen molar-refractivity contribution >= 4 is 32.4 Å². The molecule has 0 aliphatic carbocycles. The van der Waals surface area contributed by atoms with Crippen LogP contribution in [0.4, 0.5) is 5.69 Å². The van der Waals surface area contributed by atoms with E-state index in [0.717, 1.165) is 10.2 Å². The van der Waals surface area contributed by atoms with Crippen molar-refractivity contribution in [2.45, 2.75) is 13.0 Å². The lowest BCUT2D eigenvalue weighted by Crippen LogP contribution is -2.22. The molecule has 0 aromatic heterocycles. The molecule has 0 bridgehead atoms. The first-order valence-corrected chi connectivity index (χ1v) is 7.31. The highest BCUT2D eigenvalue weighted by molar-refractivity contribution is 9.10. The van der Waals surface area contributed by atoms with Gasteiger partial charge in [0.15, 0.2) is 0 Å². The van der Waals surface area contributed by atoms with Crippen LogP contribution in [0.5, 0.6) is 0 Å². The van der Waals surface area contributed by atoms with E-state index in [1.807, 2.05) is 19.1 Å². The average molecular weight is 301 g/mol. The number of anilines is 1. The molecule has 0 aliphatic heterocycles. The lowest BCUT2D eigenvalue weighted by atomic mass is 10.2.